The highest BCUT2D eigenvalue weighted by Crippen LogP contribution is 2.66. The first kappa shape index (κ1) is 28.2. The van der Waals surface area contributed by atoms with E-state index in [1.807, 2.05) is 0 Å². The van der Waals surface area contributed by atoms with Crippen LogP contribution in [0.5, 0.6) is 0 Å². The summed E-state index contributed by atoms with van der Waals surface area (Å²) < 4.78 is 0. The van der Waals surface area contributed by atoms with E-state index in [1.165, 1.54) is 82.1 Å². The molecule has 0 spiro atoms. The smallest absolute Gasteiger partial charge is 0.0724 e. The molecule has 0 bridgehead atoms. The van der Waals surface area contributed by atoms with Crippen molar-refractivity contribution in [2.75, 3.05) is 0 Å². The van der Waals surface area contributed by atoms with Crippen molar-refractivity contribution in [3.63, 3.8) is 0 Å². The van der Waals surface area contributed by atoms with E-state index in [-0.39, 0.29) is 23.0 Å². The van der Waals surface area contributed by atoms with E-state index in [9.17, 15) is 10.2 Å². The number of aliphatic hydroxyl groups excluding tert-OH is 2. The molecule has 4 nitrogen and oxygen atoms in total. The minimum absolute atomic E-state index is 0.122. The maximum Gasteiger partial charge on any atom is 0.0724 e. The minimum Gasteiger partial charge on any atom is -0.393 e. The van der Waals surface area contributed by atoms with Crippen molar-refractivity contribution in [3.8, 4) is 0 Å². The number of hydrogen-bond acceptors (Lipinski definition) is 4. The average molecular weight is 573 g/mol. The van der Waals surface area contributed by atoms with Crippen molar-refractivity contribution in [2.45, 2.75) is 143 Å². The third kappa shape index (κ3) is 3.85. The van der Waals surface area contributed by atoms with Crippen molar-refractivity contribution in [1.29, 1.82) is 0 Å². The maximum absolute atomic E-state index is 10.4. The average Bonchev–Trinajstić information content (AvgIpc) is 3.48. The number of allylic oxidation sites excluding steroid dienone is 2. The van der Waals surface area contributed by atoms with E-state index < -0.39 is 0 Å². The number of fused-ring (bicyclic) bond motifs is 10. The summed E-state index contributed by atoms with van der Waals surface area (Å²) in [5, 5.41) is 31.2. The third-order valence-corrected chi connectivity index (χ3v) is 15.9. The molecule has 230 valence electrons. The summed E-state index contributed by atoms with van der Waals surface area (Å²) in [6.07, 6.45) is 23.3. The predicted molar refractivity (Wildman–Crippen MR) is 170 cm³/mol. The number of rotatable bonds is 1. The molecule has 0 unspecified atom stereocenters. The van der Waals surface area contributed by atoms with Crippen molar-refractivity contribution in [3.05, 3.63) is 23.3 Å². The number of nitrogens with zero attached hydrogens (tertiary/aromatic N) is 2. The van der Waals surface area contributed by atoms with Crippen LogP contribution in [0.15, 0.2) is 33.5 Å². The lowest BCUT2D eigenvalue weighted by molar-refractivity contribution is -0.0250. The minimum atomic E-state index is -0.216. The largest absolute Gasteiger partial charge is 0.393 e. The van der Waals surface area contributed by atoms with Crippen LogP contribution in [0.3, 0.4) is 0 Å². The fourth-order valence-electron chi connectivity index (χ4n) is 13.4. The van der Waals surface area contributed by atoms with E-state index in [0.29, 0.717) is 10.8 Å². The summed E-state index contributed by atoms with van der Waals surface area (Å²) in [7, 11) is 0. The van der Waals surface area contributed by atoms with Gasteiger partial charge in [0.15, 0.2) is 0 Å². The fraction of sp³-hybridized carbons (Fsp3) is 0.842. The second-order valence-electron chi connectivity index (χ2n) is 17.4. The van der Waals surface area contributed by atoms with Crippen LogP contribution >= 0.6 is 0 Å². The molecule has 0 amide bonds. The van der Waals surface area contributed by atoms with Crippen LogP contribution in [-0.4, -0.2) is 33.8 Å². The van der Waals surface area contributed by atoms with Crippen molar-refractivity contribution in [2.24, 2.45) is 67.4 Å². The maximum atomic E-state index is 10.4. The molecule has 0 heterocycles. The van der Waals surface area contributed by atoms with Gasteiger partial charge in [-0.2, -0.15) is 10.2 Å². The lowest BCUT2D eigenvalue weighted by Crippen LogP contribution is -2.50. The van der Waals surface area contributed by atoms with E-state index in [4.69, 9.17) is 10.2 Å². The van der Waals surface area contributed by atoms with Gasteiger partial charge < -0.3 is 10.2 Å². The first-order valence-electron chi connectivity index (χ1n) is 18.0. The molecule has 0 saturated heterocycles. The third-order valence-electron chi connectivity index (χ3n) is 15.9. The van der Waals surface area contributed by atoms with E-state index >= 15 is 0 Å². The molecule has 0 aromatic carbocycles. The summed E-state index contributed by atoms with van der Waals surface area (Å²) in [6, 6.07) is 0. The van der Waals surface area contributed by atoms with Crippen LogP contribution in [0.2, 0.25) is 0 Å². The molecule has 2 N–H and O–H groups in total. The van der Waals surface area contributed by atoms with Crippen LogP contribution < -0.4 is 0 Å². The van der Waals surface area contributed by atoms with Crippen molar-refractivity contribution in [1.82, 2.24) is 0 Å². The Balaban J connectivity index is 1.02. The molecule has 12 atom stereocenters. The Bertz CT molecular complexity index is 1260. The van der Waals surface area contributed by atoms with Crippen LogP contribution in [0.25, 0.3) is 0 Å². The molecule has 0 radical (unpaired) electrons. The molecule has 8 aliphatic rings. The Morgan fingerprint density at radius 2 is 1.14 bits per heavy atom. The van der Waals surface area contributed by atoms with Gasteiger partial charge in [0.2, 0.25) is 0 Å². The molecule has 4 heteroatoms. The quantitative estimate of drug-likeness (QED) is 0.245. The van der Waals surface area contributed by atoms with Crippen LogP contribution in [0.1, 0.15) is 130 Å². The zero-order chi connectivity index (χ0) is 29.1. The van der Waals surface area contributed by atoms with Crippen LogP contribution in [0, 0.1) is 57.2 Å². The van der Waals surface area contributed by atoms with Gasteiger partial charge in [-0.3, -0.25) is 0 Å². The molecule has 8 aliphatic carbocycles. The Morgan fingerprint density at radius 3 is 1.83 bits per heavy atom. The van der Waals surface area contributed by atoms with Gasteiger partial charge in [-0.25, -0.2) is 0 Å². The first-order chi connectivity index (χ1) is 20.1. The van der Waals surface area contributed by atoms with Crippen molar-refractivity contribution < 1.29 is 10.2 Å². The highest BCUT2D eigenvalue weighted by atomic mass is 16.3. The molecular formula is C38H56N2O2. The lowest BCUT2D eigenvalue weighted by atomic mass is 9.47. The van der Waals surface area contributed by atoms with Gasteiger partial charge in [0, 0.05) is 22.3 Å². The molecule has 0 aromatic heterocycles. The van der Waals surface area contributed by atoms with Gasteiger partial charge in [0.1, 0.15) is 0 Å². The van der Waals surface area contributed by atoms with Gasteiger partial charge in [-0.1, -0.05) is 51.0 Å². The highest BCUT2D eigenvalue weighted by Gasteiger charge is 2.60. The molecule has 6 saturated carbocycles. The van der Waals surface area contributed by atoms with E-state index in [1.54, 1.807) is 11.1 Å². The van der Waals surface area contributed by atoms with Crippen LogP contribution in [-0.2, 0) is 0 Å². The summed E-state index contributed by atoms with van der Waals surface area (Å²) in [5.74, 6) is 4.61. The SMILES string of the molecule is C[C@]12CC[C@H](O)CC1=CC[C@H]1[C@H]2CC[C@]2(C)C(=NN=C3CC[C@@H]4[C@@H]5CCC6=C[C@H](O)CC[C@@]6(C)[C@@H]5CC[C@]34C)CC[C@H]12. The van der Waals surface area contributed by atoms with Crippen molar-refractivity contribution >= 4 is 11.4 Å². The normalized spacial score (nSPS) is 55.1. The molecule has 6 fully saturated rings. The van der Waals surface area contributed by atoms with Gasteiger partial charge in [-0.15, -0.1) is 0 Å². The summed E-state index contributed by atoms with van der Waals surface area (Å²) >= 11 is 0. The Labute approximate surface area is 254 Å². The number of aliphatic hydroxyl groups is 2. The molecule has 8 rings (SSSR count). The second-order valence-corrected chi connectivity index (χ2v) is 17.4. The van der Waals surface area contributed by atoms with Gasteiger partial charge in [0.25, 0.3) is 0 Å². The molecular weight excluding hydrogens is 516 g/mol. The number of hydrogen-bond donors (Lipinski definition) is 2. The topological polar surface area (TPSA) is 65.2 Å². The Kier molecular flexibility index (Phi) is 6.47. The van der Waals surface area contributed by atoms with Gasteiger partial charge >= 0.3 is 0 Å². The van der Waals surface area contributed by atoms with Gasteiger partial charge in [-0.05, 0) is 149 Å². The second kappa shape index (κ2) is 9.62. The first-order valence-corrected chi connectivity index (χ1v) is 18.0. The standard InChI is InChI=1S/C38H56N2O2/c1-35-17-13-25(41)21-23(35)5-7-27-29-9-11-33(37(29,3)19-15-31(27)35)39-40-34-12-10-30-28-8-6-24-22-26(42)14-18-36(24,2)32(28)16-20-38(30,34)4/h5,22,25-32,41-42H,6-21H2,1-4H3/t25-,26+,27+,28-,29+,30+,31+,32+,35-,36+,37-,38-/m0/s1. The zero-order valence-electron chi connectivity index (χ0n) is 26.9. The summed E-state index contributed by atoms with van der Waals surface area (Å²) in [4.78, 5) is 0. The summed E-state index contributed by atoms with van der Waals surface area (Å²) in [5.41, 5.74) is 7.02. The molecule has 0 aliphatic heterocycles. The monoisotopic (exact) mass is 572 g/mol. The molecule has 0 aromatic rings. The van der Waals surface area contributed by atoms with Gasteiger partial charge in [0.05, 0.1) is 12.2 Å². The van der Waals surface area contributed by atoms with Crippen LogP contribution in [0.4, 0.5) is 0 Å². The summed E-state index contributed by atoms with van der Waals surface area (Å²) in [6.45, 7) is 10.2. The predicted octanol–water partition coefficient (Wildman–Crippen LogP) is 8.43. The zero-order valence-corrected chi connectivity index (χ0v) is 26.9. The van der Waals surface area contributed by atoms with E-state index in [2.05, 4.69) is 39.8 Å². The Morgan fingerprint density at radius 1 is 0.595 bits per heavy atom. The lowest BCUT2D eigenvalue weighted by Gasteiger charge is -2.57. The fourth-order valence-corrected chi connectivity index (χ4v) is 13.4. The van der Waals surface area contributed by atoms with E-state index in [0.717, 1.165) is 67.6 Å². The molecule has 42 heavy (non-hydrogen) atoms. The highest BCUT2D eigenvalue weighted by molar-refractivity contribution is 5.95. The Hall–Kier alpha value is -1.26.